The highest BCUT2D eigenvalue weighted by Gasteiger charge is 2.19. The van der Waals surface area contributed by atoms with Gasteiger partial charge in [-0.25, -0.2) is 0 Å². The minimum atomic E-state index is 0.747. The number of nitrogen functional groups attached to an aromatic ring is 1. The van der Waals surface area contributed by atoms with Crippen molar-refractivity contribution in [2.45, 2.75) is 32.1 Å². The van der Waals surface area contributed by atoms with Crippen molar-refractivity contribution in [2.24, 2.45) is 0 Å². The molecule has 1 aliphatic carbocycles. The van der Waals surface area contributed by atoms with Gasteiger partial charge in [-0.3, -0.25) is 4.98 Å². The highest BCUT2D eigenvalue weighted by molar-refractivity contribution is 5.73. The van der Waals surface area contributed by atoms with Crippen molar-refractivity contribution >= 4 is 5.69 Å². The van der Waals surface area contributed by atoms with Crippen LogP contribution in [-0.4, -0.2) is 4.98 Å². The zero-order valence-electron chi connectivity index (χ0n) is 10.7. The maximum atomic E-state index is 6.06. The fourth-order valence-electron chi connectivity index (χ4n) is 2.51. The summed E-state index contributed by atoms with van der Waals surface area (Å²) in [6.07, 6.45) is 5.88. The van der Waals surface area contributed by atoms with Gasteiger partial charge in [0.1, 0.15) is 0 Å². The van der Waals surface area contributed by atoms with Gasteiger partial charge in [0.25, 0.3) is 0 Å². The lowest BCUT2D eigenvalue weighted by atomic mass is 9.79. The van der Waals surface area contributed by atoms with Crippen LogP contribution in [0.1, 0.15) is 36.3 Å². The second kappa shape index (κ2) is 4.45. The molecule has 0 atom stereocenters. The molecule has 0 bridgehead atoms. The minimum absolute atomic E-state index is 0.747. The van der Waals surface area contributed by atoms with Gasteiger partial charge >= 0.3 is 0 Å². The largest absolute Gasteiger partial charge is 0.397 e. The summed E-state index contributed by atoms with van der Waals surface area (Å²) in [4.78, 5) is 4.47. The van der Waals surface area contributed by atoms with Gasteiger partial charge in [-0.05, 0) is 48.9 Å². The summed E-state index contributed by atoms with van der Waals surface area (Å²) in [7, 11) is 0. The van der Waals surface area contributed by atoms with E-state index in [1.165, 1.54) is 24.8 Å². The van der Waals surface area contributed by atoms with Gasteiger partial charge in [0.15, 0.2) is 0 Å². The first-order valence-corrected chi connectivity index (χ1v) is 6.56. The summed E-state index contributed by atoms with van der Waals surface area (Å²) in [6.45, 7) is 2.01. The molecule has 0 spiro atoms. The van der Waals surface area contributed by atoms with E-state index >= 15 is 0 Å². The van der Waals surface area contributed by atoms with Crippen molar-refractivity contribution in [3.8, 4) is 11.3 Å². The van der Waals surface area contributed by atoms with Crippen LogP contribution in [0.4, 0.5) is 5.69 Å². The Balaban J connectivity index is 2.00. The summed E-state index contributed by atoms with van der Waals surface area (Å²) < 4.78 is 0. The lowest BCUT2D eigenvalue weighted by Gasteiger charge is -2.26. The molecule has 2 nitrogen and oxygen atoms in total. The molecule has 1 aromatic heterocycles. The monoisotopic (exact) mass is 238 g/mol. The molecule has 1 aliphatic rings. The number of aromatic nitrogens is 1. The van der Waals surface area contributed by atoms with Crippen LogP contribution in [0, 0.1) is 6.92 Å². The Labute approximate surface area is 108 Å². The number of hydrogen-bond donors (Lipinski definition) is 1. The van der Waals surface area contributed by atoms with Crippen LogP contribution in [0.3, 0.4) is 0 Å². The molecule has 2 N–H and O–H groups in total. The highest BCUT2D eigenvalue weighted by atomic mass is 14.7. The predicted molar refractivity (Wildman–Crippen MR) is 75.4 cm³/mol. The molecule has 1 fully saturated rings. The SMILES string of the molecule is Cc1cnc(-c2cccc(C3CCC3)c2)c(N)c1. The van der Waals surface area contributed by atoms with E-state index in [1.807, 2.05) is 19.2 Å². The molecule has 0 saturated heterocycles. The summed E-state index contributed by atoms with van der Waals surface area (Å²) >= 11 is 0. The first kappa shape index (κ1) is 11.3. The zero-order chi connectivity index (χ0) is 12.5. The van der Waals surface area contributed by atoms with Gasteiger partial charge in [-0.15, -0.1) is 0 Å². The fourth-order valence-corrected chi connectivity index (χ4v) is 2.51. The molecule has 0 radical (unpaired) electrons. The van der Waals surface area contributed by atoms with E-state index in [0.29, 0.717) is 0 Å². The first-order chi connectivity index (χ1) is 8.74. The Bertz CT molecular complexity index is 571. The number of pyridine rings is 1. The summed E-state index contributed by atoms with van der Waals surface area (Å²) in [5, 5.41) is 0. The van der Waals surface area contributed by atoms with E-state index in [9.17, 15) is 0 Å². The van der Waals surface area contributed by atoms with Gasteiger partial charge in [-0.2, -0.15) is 0 Å². The molecule has 1 heterocycles. The molecular weight excluding hydrogens is 220 g/mol. The molecule has 1 saturated carbocycles. The first-order valence-electron chi connectivity index (χ1n) is 6.56. The molecule has 2 heteroatoms. The number of rotatable bonds is 2. The summed E-state index contributed by atoms with van der Waals surface area (Å²) in [6, 6.07) is 10.7. The van der Waals surface area contributed by atoms with Crippen molar-refractivity contribution in [3.63, 3.8) is 0 Å². The van der Waals surface area contributed by atoms with Gasteiger partial charge in [0.2, 0.25) is 0 Å². The molecule has 0 aliphatic heterocycles. The quantitative estimate of drug-likeness (QED) is 0.861. The molecule has 0 amide bonds. The van der Waals surface area contributed by atoms with E-state index < -0.39 is 0 Å². The minimum Gasteiger partial charge on any atom is -0.397 e. The summed E-state index contributed by atoms with van der Waals surface area (Å²) in [5.74, 6) is 0.747. The Morgan fingerprint density at radius 1 is 1.22 bits per heavy atom. The van der Waals surface area contributed by atoms with E-state index in [4.69, 9.17) is 5.73 Å². The number of anilines is 1. The summed E-state index contributed by atoms with van der Waals surface area (Å²) in [5.41, 5.74) is 11.4. The lowest BCUT2D eigenvalue weighted by Crippen LogP contribution is -2.08. The molecule has 18 heavy (non-hydrogen) atoms. The molecular formula is C16H18N2. The molecule has 2 aromatic rings. The second-order valence-electron chi connectivity index (χ2n) is 5.20. The van der Waals surface area contributed by atoms with Crippen molar-refractivity contribution in [2.75, 3.05) is 5.73 Å². The lowest BCUT2D eigenvalue weighted by molar-refractivity contribution is 0.420. The van der Waals surface area contributed by atoms with E-state index in [0.717, 1.165) is 28.4 Å². The van der Waals surface area contributed by atoms with Crippen LogP contribution in [0.5, 0.6) is 0 Å². The van der Waals surface area contributed by atoms with Crippen LogP contribution >= 0.6 is 0 Å². The van der Waals surface area contributed by atoms with E-state index in [-0.39, 0.29) is 0 Å². The van der Waals surface area contributed by atoms with Crippen LogP contribution in [0.2, 0.25) is 0 Å². The van der Waals surface area contributed by atoms with Crippen molar-refractivity contribution in [1.29, 1.82) is 0 Å². The third kappa shape index (κ3) is 1.99. The predicted octanol–water partition coefficient (Wildman–Crippen LogP) is 3.91. The van der Waals surface area contributed by atoms with Crippen LogP contribution < -0.4 is 5.73 Å². The second-order valence-corrected chi connectivity index (χ2v) is 5.20. The number of hydrogen-bond acceptors (Lipinski definition) is 2. The zero-order valence-corrected chi connectivity index (χ0v) is 10.7. The third-order valence-corrected chi connectivity index (χ3v) is 3.79. The van der Waals surface area contributed by atoms with Crippen LogP contribution in [0.15, 0.2) is 36.5 Å². The van der Waals surface area contributed by atoms with Gasteiger partial charge < -0.3 is 5.73 Å². The number of nitrogens with two attached hydrogens (primary N) is 1. The number of nitrogens with zero attached hydrogens (tertiary/aromatic N) is 1. The smallest absolute Gasteiger partial charge is 0.0931 e. The Morgan fingerprint density at radius 3 is 2.72 bits per heavy atom. The third-order valence-electron chi connectivity index (χ3n) is 3.79. The maximum Gasteiger partial charge on any atom is 0.0931 e. The van der Waals surface area contributed by atoms with Crippen LogP contribution in [-0.2, 0) is 0 Å². The average Bonchev–Trinajstić information content (AvgIpc) is 2.27. The van der Waals surface area contributed by atoms with Crippen molar-refractivity contribution in [3.05, 3.63) is 47.7 Å². The van der Waals surface area contributed by atoms with Gasteiger partial charge in [0.05, 0.1) is 11.4 Å². The molecule has 0 unspecified atom stereocenters. The van der Waals surface area contributed by atoms with Gasteiger partial charge in [-0.1, -0.05) is 24.6 Å². The number of benzene rings is 1. The molecule has 92 valence electrons. The van der Waals surface area contributed by atoms with Gasteiger partial charge in [0, 0.05) is 11.8 Å². The van der Waals surface area contributed by atoms with E-state index in [2.05, 4.69) is 29.2 Å². The van der Waals surface area contributed by atoms with Crippen LogP contribution in [0.25, 0.3) is 11.3 Å². The average molecular weight is 238 g/mol. The highest BCUT2D eigenvalue weighted by Crippen LogP contribution is 2.37. The molecule has 3 rings (SSSR count). The Morgan fingerprint density at radius 2 is 2.06 bits per heavy atom. The van der Waals surface area contributed by atoms with Crippen molar-refractivity contribution in [1.82, 2.24) is 4.98 Å². The standard InChI is InChI=1S/C16H18N2/c1-11-8-15(17)16(18-10-11)14-7-3-6-13(9-14)12-4-2-5-12/h3,6-10,12H,2,4-5,17H2,1H3. The maximum absolute atomic E-state index is 6.06. The number of aryl methyl sites for hydroxylation is 1. The van der Waals surface area contributed by atoms with Crippen molar-refractivity contribution < 1.29 is 0 Å². The normalized spacial score (nSPS) is 15.4. The Kier molecular flexibility index (Phi) is 2.78. The van der Waals surface area contributed by atoms with E-state index in [1.54, 1.807) is 0 Å². The molecule has 1 aromatic carbocycles. The topological polar surface area (TPSA) is 38.9 Å². The fraction of sp³-hybridized carbons (Fsp3) is 0.312. The Hall–Kier alpha value is -1.83.